The van der Waals surface area contributed by atoms with Gasteiger partial charge in [-0.05, 0) is 69.2 Å². The third-order valence-electron chi connectivity index (χ3n) is 4.94. The SMILES string of the molecule is CCC(C(=O)NC(C)(C)C)N(Cc1ccc(Cl)cc1)C(=O)CN(c1ccc(Cl)cc1)S(C)(=O)=O. The predicted octanol–water partition coefficient (Wildman–Crippen LogP) is 4.48. The Hall–Kier alpha value is -2.29. The fraction of sp³-hybridized carbons (Fsp3) is 0.417. The molecule has 1 N–H and O–H groups in total. The van der Waals surface area contributed by atoms with Crippen LogP contribution in [-0.4, -0.2) is 49.5 Å². The maximum Gasteiger partial charge on any atom is 0.244 e. The fourth-order valence-electron chi connectivity index (χ4n) is 3.38. The Morgan fingerprint density at radius 3 is 1.91 bits per heavy atom. The Morgan fingerprint density at radius 2 is 1.47 bits per heavy atom. The summed E-state index contributed by atoms with van der Waals surface area (Å²) in [6.07, 6.45) is 1.38. The summed E-state index contributed by atoms with van der Waals surface area (Å²) in [5, 5.41) is 3.91. The summed E-state index contributed by atoms with van der Waals surface area (Å²) in [4.78, 5) is 28.1. The molecule has 1 unspecified atom stereocenters. The minimum absolute atomic E-state index is 0.115. The van der Waals surface area contributed by atoms with Gasteiger partial charge in [-0.2, -0.15) is 0 Å². The van der Waals surface area contributed by atoms with Crippen LogP contribution >= 0.6 is 23.2 Å². The van der Waals surface area contributed by atoms with Crippen LogP contribution < -0.4 is 9.62 Å². The Labute approximate surface area is 212 Å². The van der Waals surface area contributed by atoms with E-state index in [1.54, 1.807) is 36.4 Å². The molecular formula is C24H31Cl2N3O4S. The molecule has 1 atom stereocenters. The van der Waals surface area contributed by atoms with E-state index < -0.39 is 34.1 Å². The van der Waals surface area contributed by atoms with Crippen molar-refractivity contribution in [1.29, 1.82) is 0 Å². The normalized spacial score (nSPS) is 12.7. The highest BCUT2D eigenvalue weighted by Gasteiger charge is 2.33. The van der Waals surface area contributed by atoms with Crippen molar-refractivity contribution >= 4 is 50.7 Å². The van der Waals surface area contributed by atoms with Crippen LogP contribution in [0.25, 0.3) is 0 Å². The monoisotopic (exact) mass is 527 g/mol. The number of amides is 2. The van der Waals surface area contributed by atoms with Crippen LogP contribution in [0, 0.1) is 0 Å². The number of carbonyl (C=O) groups is 2. The number of anilines is 1. The molecule has 34 heavy (non-hydrogen) atoms. The number of hydrogen-bond donors (Lipinski definition) is 1. The summed E-state index contributed by atoms with van der Waals surface area (Å²) >= 11 is 11.9. The van der Waals surface area contributed by atoms with Gasteiger partial charge in [0.25, 0.3) is 0 Å². The summed E-state index contributed by atoms with van der Waals surface area (Å²) in [7, 11) is -3.79. The van der Waals surface area contributed by atoms with E-state index in [2.05, 4.69) is 5.32 Å². The van der Waals surface area contributed by atoms with E-state index in [1.807, 2.05) is 27.7 Å². The molecule has 0 radical (unpaired) electrons. The molecule has 0 aliphatic rings. The summed E-state index contributed by atoms with van der Waals surface area (Å²) in [5.41, 5.74) is 0.567. The topological polar surface area (TPSA) is 86.8 Å². The number of benzene rings is 2. The maximum absolute atomic E-state index is 13.6. The Kier molecular flexibility index (Phi) is 9.39. The number of carbonyl (C=O) groups excluding carboxylic acids is 2. The first-order chi connectivity index (χ1) is 15.7. The van der Waals surface area contributed by atoms with Crippen molar-refractivity contribution in [2.24, 2.45) is 0 Å². The van der Waals surface area contributed by atoms with Gasteiger partial charge in [0.1, 0.15) is 12.6 Å². The average Bonchev–Trinajstić information content (AvgIpc) is 2.72. The fourth-order valence-corrected chi connectivity index (χ4v) is 4.48. The van der Waals surface area contributed by atoms with Gasteiger partial charge in [-0.1, -0.05) is 42.3 Å². The molecule has 0 spiro atoms. The molecule has 2 amide bonds. The van der Waals surface area contributed by atoms with Crippen molar-refractivity contribution in [3.63, 3.8) is 0 Å². The van der Waals surface area contributed by atoms with E-state index >= 15 is 0 Å². The summed E-state index contributed by atoms with van der Waals surface area (Å²) in [5.74, 6) is -0.819. The van der Waals surface area contributed by atoms with Crippen LogP contribution in [0.5, 0.6) is 0 Å². The smallest absolute Gasteiger partial charge is 0.244 e. The zero-order chi connectivity index (χ0) is 25.7. The van der Waals surface area contributed by atoms with Crippen molar-refractivity contribution in [2.75, 3.05) is 17.1 Å². The van der Waals surface area contributed by atoms with E-state index in [9.17, 15) is 18.0 Å². The number of halogens is 2. The predicted molar refractivity (Wildman–Crippen MR) is 138 cm³/mol. The van der Waals surface area contributed by atoms with Crippen molar-refractivity contribution in [1.82, 2.24) is 10.2 Å². The molecule has 7 nitrogen and oxygen atoms in total. The third kappa shape index (κ3) is 8.18. The summed E-state index contributed by atoms with van der Waals surface area (Å²) in [6, 6.07) is 12.3. The quantitative estimate of drug-likeness (QED) is 0.520. The highest BCUT2D eigenvalue weighted by Crippen LogP contribution is 2.22. The lowest BCUT2D eigenvalue weighted by Gasteiger charge is -2.34. The lowest BCUT2D eigenvalue weighted by Crippen LogP contribution is -2.55. The van der Waals surface area contributed by atoms with Crippen LogP contribution in [0.2, 0.25) is 10.0 Å². The van der Waals surface area contributed by atoms with Crippen LogP contribution in [0.1, 0.15) is 39.7 Å². The first kappa shape index (κ1) is 28.0. The number of nitrogens with zero attached hydrogens (tertiary/aromatic N) is 2. The molecule has 186 valence electrons. The van der Waals surface area contributed by atoms with Crippen molar-refractivity contribution in [3.05, 3.63) is 64.1 Å². The van der Waals surface area contributed by atoms with Crippen molar-refractivity contribution in [2.45, 2.75) is 52.2 Å². The van der Waals surface area contributed by atoms with Gasteiger partial charge in [0, 0.05) is 22.1 Å². The van der Waals surface area contributed by atoms with Gasteiger partial charge in [0.05, 0.1) is 11.9 Å². The van der Waals surface area contributed by atoms with Gasteiger partial charge in [0.2, 0.25) is 21.8 Å². The standard InChI is InChI=1S/C24H31Cl2N3O4S/c1-6-21(23(31)27-24(2,3)4)28(15-17-7-9-18(25)10-8-17)22(30)16-29(34(5,32)33)20-13-11-19(26)12-14-20/h7-14,21H,6,15-16H2,1-5H3,(H,27,31). The molecule has 0 bridgehead atoms. The van der Waals surface area contributed by atoms with Crippen molar-refractivity contribution < 1.29 is 18.0 Å². The minimum atomic E-state index is -3.79. The van der Waals surface area contributed by atoms with Crippen LogP contribution in [0.4, 0.5) is 5.69 Å². The maximum atomic E-state index is 13.6. The highest BCUT2D eigenvalue weighted by molar-refractivity contribution is 7.92. The largest absolute Gasteiger partial charge is 0.350 e. The van der Waals surface area contributed by atoms with Gasteiger partial charge < -0.3 is 10.2 Å². The second-order valence-corrected chi connectivity index (χ2v) is 11.8. The molecule has 2 rings (SSSR count). The second kappa shape index (κ2) is 11.4. The number of sulfonamides is 1. The van der Waals surface area contributed by atoms with Crippen LogP contribution in [0.15, 0.2) is 48.5 Å². The molecule has 0 saturated carbocycles. The number of hydrogen-bond acceptors (Lipinski definition) is 4. The molecule has 0 saturated heterocycles. The molecule has 0 aromatic heterocycles. The third-order valence-corrected chi connectivity index (χ3v) is 6.59. The Balaban J connectivity index is 2.43. The van der Waals surface area contributed by atoms with E-state index in [4.69, 9.17) is 23.2 Å². The minimum Gasteiger partial charge on any atom is -0.350 e. The van der Waals surface area contributed by atoms with Gasteiger partial charge >= 0.3 is 0 Å². The molecule has 2 aromatic carbocycles. The van der Waals surface area contributed by atoms with Crippen LogP contribution in [0.3, 0.4) is 0 Å². The van der Waals surface area contributed by atoms with Crippen molar-refractivity contribution in [3.8, 4) is 0 Å². The Bertz CT molecular complexity index is 1100. The molecular weight excluding hydrogens is 497 g/mol. The van der Waals surface area contributed by atoms with E-state index in [0.29, 0.717) is 22.2 Å². The molecule has 0 aliphatic carbocycles. The summed E-state index contributed by atoms with van der Waals surface area (Å²) in [6.45, 7) is 7.03. The lowest BCUT2D eigenvalue weighted by atomic mass is 10.1. The summed E-state index contributed by atoms with van der Waals surface area (Å²) < 4.78 is 26.1. The Morgan fingerprint density at radius 1 is 0.971 bits per heavy atom. The molecule has 2 aromatic rings. The first-order valence-corrected chi connectivity index (χ1v) is 13.4. The van der Waals surface area contributed by atoms with E-state index in [0.717, 1.165) is 16.1 Å². The highest BCUT2D eigenvalue weighted by atomic mass is 35.5. The van der Waals surface area contributed by atoms with E-state index in [-0.39, 0.29) is 12.5 Å². The average molecular weight is 529 g/mol. The molecule has 0 heterocycles. The van der Waals surface area contributed by atoms with Gasteiger partial charge in [0.15, 0.2) is 0 Å². The van der Waals surface area contributed by atoms with Gasteiger partial charge in [-0.3, -0.25) is 13.9 Å². The second-order valence-electron chi connectivity index (χ2n) is 9.06. The van der Waals surface area contributed by atoms with Gasteiger partial charge in [-0.25, -0.2) is 8.42 Å². The number of rotatable bonds is 9. The molecule has 0 aliphatic heterocycles. The number of nitrogens with one attached hydrogen (secondary N) is 1. The zero-order valence-corrected chi connectivity index (χ0v) is 22.3. The van der Waals surface area contributed by atoms with E-state index in [1.165, 1.54) is 17.0 Å². The molecule has 0 fully saturated rings. The van der Waals surface area contributed by atoms with Crippen LogP contribution in [-0.2, 0) is 26.2 Å². The first-order valence-electron chi connectivity index (χ1n) is 10.8. The lowest BCUT2D eigenvalue weighted by molar-refractivity contribution is -0.141. The zero-order valence-electron chi connectivity index (χ0n) is 20.0. The van der Waals surface area contributed by atoms with Gasteiger partial charge in [-0.15, -0.1) is 0 Å². The molecule has 10 heteroatoms.